The van der Waals surface area contributed by atoms with E-state index in [0.29, 0.717) is 11.3 Å². The highest BCUT2D eigenvalue weighted by Gasteiger charge is 2.29. The minimum Gasteiger partial charge on any atom is -0.493 e. The molecule has 0 radical (unpaired) electrons. The Hall–Kier alpha value is -2.55. The van der Waals surface area contributed by atoms with E-state index in [0.717, 1.165) is 5.56 Å². The van der Waals surface area contributed by atoms with Gasteiger partial charge in [0.1, 0.15) is 0 Å². The molecule has 0 heterocycles. The van der Waals surface area contributed by atoms with Crippen LogP contribution in [0.5, 0.6) is 11.5 Å². The van der Waals surface area contributed by atoms with Gasteiger partial charge in [0.15, 0.2) is 11.5 Å². The predicted octanol–water partition coefficient (Wildman–Crippen LogP) is 4.25. The van der Waals surface area contributed by atoms with E-state index in [9.17, 15) is 9.46 Å². The van der Waals surface area contributed by atoms with Crippen molar-refractivity contribution in [1.29, 1.82) is 0 Å². The molecular formula is C19H17O4P. The zero-order valence-electron chi connectivity index (χ0n) is 13.1. The first-order chi connectivity index (χ1) is 11.6. The van der Waals surface area contributed by atoms with Crippen LogP contribution in [0.4, 0.5) is 0 Å². The van der Waals surface area contributed by atoms with Crippen LogP contribution in [-0.2, 0) is 4.57 Å². The van der Waals surface area contributed by atoms with Gasteiger partial charge in [-0.1, -0.05) is 60.7 Å². The molecule has 0 spiro atoms. The number of rotatable bonds is 5. The van der Waals surface area contributed by atoms with Crippen molar-refractivity contribution in [3.8, 4) is 22.6 Å². The van der Waals surface area contributed by atoms with Crippen molar-refractivity contribution in [2.45, 2.75) is 0 Å². The third-order valence-corrected chi connectivity index (χ3v) is 5.03. The molecule has 24 heavy (non-hydrogen) atoms. The first kappa shape index (κ1) is 16.3. The second-order valence-electron chi connectivity index (χ2n) is 5.15. The van der Waals surface area contributed by atoms with Crippen LogP contribution < -0.4 is 14.6 Å². The van der Waals surface area contributed by atoms with E-state index in [4.69, 9.17) is 9.26 Å². The summed E-state index contributed by atoms with van der Waals surface area (Å²) in [7, 11) is -2.60. The molecule has 0 aliphatic rings. The topological polar surface area (TPSA) is 55.8 Å². The van der Waals surface area contributed by atoms with E-state index < -0.39 is 7.60 Å². The summed E-state index contributed by atoms with van der Waals surface area (Å²) in [5, 5.41) is 0.252. The molecule has 3 aromatic rings. The van der Waals surface area contributed by atoms with Gasteiger partial charge < -0.3 is 14.2 Å². The number of hydrogen-bond acceptors (Lipinski definition) is 3. The Morgan fingerprint density at radius 3 is 2.08 bits per heavy atom. The number of para-hydroxylation sites is 2. The highest BCUT2D eigenvalue weighted by molar-refractivity contribution is 7.62. The SMILES string of the molecule is COc1ccccc1OP(=O)(O)c1ccccc1-c1ccccc1. The third kappa shape index (κ3) is 3.35. The second kappa shape index (κ2) is 6.91. The standard InChI is InChI=1S/C19H17O4P/c1-22-17-12-6-7-13-18(17)23-24(20,21)19-14-8-5-11-16(19)15-9-3-2-4-10-15/h2-14H,1H3,(H,20,21). The lowest BCUT2D eigenvalue weighted by molar-refractivity contribution is 0.363. The van der Waals surface area contributed by atoms with Gasteiger partial charge >= 0.3 is 7.60 Å². The summed E-state index contributed by atoms with van der Waals surface area (Å²) in [5.41, 5.74) is 1.52. The van der Waals surface area contributed by atoms with Crippen molar-refractivity contribution in [2.24, 2.45) is 0 Å². The lowest BCUT2D eigenvalue weighted by atomic mass is 10.1. The molecule has 0 saturated heterocycles. The molecule has 0 aliphatic carbocycles. The van der Waals surface area contributed by atoms with Gasteiger partial charge in [-0.05, 0) is 29.3 Å². The van der Waals surface area contributed by atoms with Crippen molar-refractivity contribution >= 4 is 12.9 Å². The van der Waals surface area contributed by atoms with Gasteiger partial charge in [0.25, 0.3) is 0 Å². The quantitative estimate of drug-likeness (QED) is 0.706. The zero-order chi connectivity index (χ0) is 17.0. The molecule has 122 valence electrons. The van der Waals surface area contributed by atoms with Gasteiger partial charge in [-0.2, -0.15) is 0 Å². The molecule has 1 unspecified atom stereocenters. The Balaban J connectivity index is 2.03. The van der Waals surface area contributed by atoms with Crippen LogP contribution in [0.3, 0.4) is 0 Å². The van der Waals surface area contributed by atoms with Gasteiger partial charge in [0, 0.05) is 0 Å². The van der Waals surface area contributed by atoms with Crippen molar-refractivity contribution in [2.75, 3.05) is 7.11 Å². The first-order valence-electron chi connectivity index (χ1n) is 7.42. The lowest BCUT2D eigenvalue weighted by Crippen LogP contribution is -2.12. The molecule has 0 aliphatic heterocycles. The number of ether oxygens (including phenoxy) is 1. The molecular weight excluding hydrogens is 323 g/mol. The molecule has 0 bridgehead atoms. The summed E-state index contributed by atoms with van der Waals surface area (Å²) in [6, 6.07) is 23.2. The molecule has 0 fully saturated rings. The molecule has 3 aromatic carbocycles. The normalized spacial score (nSPS) is 13.1. The number of benzene rings is 3. The smallest absolute Gasteiger partial charge is 0.408 e. The fourth-order valence-corrected chi connectivity index (χ4v) is 3.76. The molecule has 1 N–H and O–H groups in total. The minimum atomic E-state index is -4.09. The van der Waals surface area contributed by atoms with E-state index >= 15 is 0 Å². The fraction of sp³-hybridized carbons (Fsp3) is 0.0526. The van der Waals surface area contributed by atoms with Crippen molar-refractivity contribution in [1.82, 2.24) is 0 Å². The van der Waals surface area contributed by atoms with Crippen LogP contribution >= 0.6 is 7.60 Å². The maximum Gasteiger partial charge on any atom is 0.408 e. The summed E-state index contributed by atoms with van der Waals surface area (Å²) >= 11 is 0. The van der Waals surface area contributed by atoms with E-state index in [1.54, 1.807) is 42.5 Å². The van der Waals surface area contributed by atoms with Crippen LogP contribution in [0.15, 0.2) is 78.9 Å². The van der Waals surface area contributed by atoms with Crippen LogP contribution in [0.2, 0.25) is 0 Å². The molecule has 5 heteroatoms. The summed E-state index contributed by atoms with van der Waals surface area (Å²) in [6.45, 7) is 0. The van der Waals surface area contributed by atoms with Gasteiger partial charge in [-0.15, -0.1) is 0 Å². The average Bonchev–Trinajstić information content (AvgIpc) is 2.62. The van der Waals surface area contributed by atoms with Crippen molar-refractivity contribution < 1.29 is 18.7 Å². The Morgan fingerprint density at radius 1 is 0.792 bits per heavy atom. The Labute approximate surface area is 140 Å². The summed E-state index contributed by atoms with van der Waals surface area (Å²) in [6.07, 6.45) is 0. The van der Waals surface area contributed by atoms with Gasteiger partial charge in [0.2, 0.25) is 0 Å². The van der Waals surface area contributed by atoms with Crippen LogP contribution in [-0.4, -0.2) is 12.0 Å². The van der Waals surface area contributed by atoms with Gasteiger partial charge in [0.05, 0.1) is 12.4 Å². The van der Waals surface area contributed by atoms with Gasteiger partial charge in [-0.25, -0.2) is 4.57 Å². The Kier molecular flexibility index (Phi) is 4.70. The molecule has 0 amide bonds. The highest BCUT2D eigenvalue weighted by atomic mass is 31.2. The molecule has 3 rings (SSSR count). The first-order valence-corrected chi connectivity index (χ1v) is 9.00. The van der Waals surface area contributed by atoms with Crippen molar-refractivity contribution in [3.63, 3.8) is 0 Å². The monoisotopic (exact) mass is 340 g/mol. The second-order valence-corrected chi connectivity index (χ2v) is 6.85. The van der Waals surface area contributed by atoms with E-state index in [-0.39, 0.29) is 11.1 Å². The third-order valence-electron chi connectivity index (χ3n) is 3.58. The van der Waals surface area contributed by atoms with Crippen molar-refractivity contribution in [3.05, 3.63) is 78.9 Å². The van der Waals surface area contributed by atoms with Crippen LogP contribution in [0.1, 0.15) is 0 Å². The van der Waals surface area contributed by atoms with E-state index in [1.165, 1.54) is 7.11 Å². The zero-order valence-corrected chi connectivity index (χ0v) is 14.0. The summed E-state index contributed by atoms with van der Waals surface area (Å²) in [5.74, 6) is 0.637. The molecule has 1 atom stereocenters. The Bertz CT molecular complexity index is 877. The highest BCUT2D eigenvalue weighted by Crippen LogP contribution is 2.46. The lowest BCUT2D eigenvalue weighted by Gasteiger charge is -2.18. The average molecular weight is 340 g/mol. The molecule has 4 nitrogen and oxygen atoms in total. The fourth-order valence-electron chi connectivity index (χ4n) is 2.46. The maximum absolute atomic E-state index is 12.9. The van der Waals surface area contributed by atoms with Crippen LogP contribution in [0, 0.1) is 0 Å². The van der Waals surface area contributed by atoms with E-state index in [2.05, 4.69) is 0 Å². The molecule has 0 aromatic heterocycles. The van der Waals surface area contributed by atoms with E-state index in [1.807, 2.05) is 36.4 Å². The predicted molar refractivity (Wildman–Crippen MR) is 95.0 cm³/mol. The number of methoxy groups -OCH3 is 1. The largest absolute Gasteiger partial charge is 0.493 e. The molecule has 0 saturated carbocycles. The van der Waals surface area contributed by atoms with Gasteiger partial charge in [-0.3, -0.25) is 0 Å². The minimum absolute atomic E-state index is 0.230. The number of hydrogen-bond donors (Lipinski definition) is 1. The Morgan fingerprint density at radius 2 is 1.38 bits per heavy atom. The summed E-state index contributed by atoms with van der Waals surface area (Å²) < 4.78 is 23.6. The van der Waals surface area contributed by atoms with Crippen LogP contribution in [0.25, 0.3) is 11.1 Å². The maximum atomic E-state index is 12.9. The summed E-state index contributed by atoms with van der Waals surface area (Å²) in [4.78, 5) is 10.6.